The van der Waals surface area contributed by atoms with Crippen molar-refractivity contribution >= 4 is 34.6 Å². The van der Waals surface area contributed by atoms with Crippen molar-refractivity contribution in [2.45, 2.75) is 88.5 Å². The zero-order valence-corrected chi connectivity index (χ0v) is 28.3. The van der Waals surface area contributed by atoms with Crippen molar-refractivity contribution in [3.05, 3.63) is 99.0 Å². The van der Waals surface area contributed by atoms with Gasteiger partial charge in [0.1, 0.15) is 11.3 Å². The Morgan fingerprint density at radius 2 is 1.98 bits per heavy atom. The van der Waals surface area contributed by atoms with Gasteiger partial charge in [-0.05, 0) is 144 Å². The number of pyridine rings is 1. The summed E-state index contributed by atoms with van der Waals surface area (Å²) in [6.45, 7) is 5.28. The molecule has 3 aliphatic rings. The summed E-state index contributed by atoms with van der Waals surface area (Å²) in [5.41, 5.74) is 7.50. The number of benzene rings is 2. The van der Waals surface area contributed by atoms with E-state index in [0.717, 1.165) is 43.5 Å². The maximum Gasteiger partial charge on any atom is 0.329 e. The average Bonchev–Trinajstić information content (AvgIpc) is 3.68. The summed E-state index contributed by atoms with van der Waals surface area (Å²) < 4.78 is 6.57. The van der Waals surface area contributed by atoms with Gasteiger partial charge in [-0.25, -0.2) is 4.79 Å². The molecule has 0 saturated heterocycles. The number of hydrogen-bond acceptors (Lipinski definition) is 5. The summed E-state index contributed by atoms with van der Waals surface area (Å²) in [5, 5.41) is 18.9. The summed E-state index contributed by atoms with van der Waals surface area (Å²) in [7, 11) is 0. The third-order valence-electron chi connectivity index (χ3n) is 11.1. The molecule has 1 spiro atoms. The lowest BCUT2D eigenvalue weighted by Crippen LogP contribution is -2.53. The van der Waals surface area contributed by atoms with Crippen LogP contribution in [0, 0.1) is 11.8 Å². The number of carbonyl (C=O) groups is 1. The van der Waals surface area contributed by atoms with Gasteiger partial charge >= 0.3 is 5.97 Å². The summed E-state index contributed by atoms with van der Waals surface area (Å²) in [4.78, 5) is 17.6. The number of rotatable bonds is 9. The first-order valence-corrected chi connectivity index (χ1v) is 18.1. The quantitative estimate of drug-likeness (QED) is 0.188. The number of fused-ring (bicyclic) bond motifs is 3. The Kier molecular flexibility index (Phi) is 8.62. The van der Waals surface area contributed by atoms with E-state index in [1.54, 1.807) is 11.3 Å². The number of anilines is 1. The van der Waals surface area contributed by atoms with Crippen LogP contribution >= 0.6 is 22.9 Å². The molecule has 0 aliphatic heterocycles. The summed E-state index contributed by atoms with van der Waals surface area (Å²) in [6, 6.07) is 18.7. The second-order valence-corrected chi connectivity index (χ2v) is 15.3. The van der Waals surface area contributed by atoms with Crippen molar-refractivity contribution in [3.8, 4) is 16.9 Å². The molecule has 46 heavy (non-hydrogen) atoms. The zero-order valence-electron chi connectivity index (χ0n) is 26.7. The van der Waals surface area contributed by atoms with Crippen LogP contribution in [0.1, 0.15) is 87.1 Å². The molecule has 3 aliphatic carbocycles. The normalized spacial score (nSPS) is 25.9. The van der Waals surface area contributed by atoms with Gasteiger partial charge in [0.25, 0.3) is 0 Å². The summed E-state index contributed by atoms with van der Waals surface area (Å²) in [5.74, 6) is 1.46. The van der Waals surface area contributed by atoms with Crippen LogP contribution in [-0.4, -0.2) is 28.2 Å². The third kappa shape index (κ3) is 5.84. The molecule has 2 aromatic heterocycles. The number of nitrogens with zero attached hydrogens (tertiary/aromatic N) is 1. The van der Waals surface area contributed by atoms with Crippen LogP contribution in [0.2, 0.25) is 5.02 Å². The van der Waals surface area contributed by atoms with Crippen LogP contribution in [0.3, 0.4) is 0 Å². The van der Waals surface area contributed by atoms with Crippen molar-refractivity contribution in [2.75, 3.05) is 11.9 Å². The number of ether oxygens (including phenoxy) is 1. The maximum atomic E-state index is 12.9. The van der Waals surface area contributed by atoms with E-state index in [-0.39, 0.29) is 5.41 Å². The molecule has 0 unspecified atom stereocenters. The fraction of sp³-hybridized carbons (Fsp3) is 0.436. The fourth-order valence-electron chi connectivity index (χ4n) is 8.71. The minimum Gasteiger partial charge on any atom is -0.493 e. The van der Waals surface area contributed by atoms with Crippen molar-refractivity contribution in [2.24, 2.45) is 11.8 Å². The summed E-state index contributed by atoms with van der Waals surface area (Å²) in [6.07, 6.45) is 10.1. The van der Waals surface area contributed by atoms with Crippen LogP contribution in [0.4, 0.5) is 5.69 Å². The molecule has 2 aromatic carbocycles. The van der Waals surface area contributed by atoms with Crippen molar-refractivity contribution in [1.29, 1.82) is 0 Å². The van der Waals surface area contributed by atoms with Gasteiger partial charge in [0.05, 0.1) is 6.61 Å². The van der Waals surface area contributed by atoms with Crippen molar-refractivity contribution in [3.63, 3.8) is 0 Å². The second kappa shape index (κ2) is 12.7. The van der Waals surface area contributed by atoms with Crippen LogP contribution in [0.15, 0.2) is 71.6 Å². The monoisotopic (exact) mass is 654 g/mol. The van der Waals surface area contributed by atoms with Gasteiger partial charge in [0.2, 0.25) is 0 Å². The number of aliphatic carboxylic acids is 1. The number of aromatic nitrogens is 1. The molecular weight excluding hydrogens is 612 g/mol. The van der Waals surface area contributed by atoms with Gasteiger partial charge in [0.15, 0.2) is 0 Å². The largest absolute Gasteiger partial charge is 0.493 e. The molecule has 1 fully saturated rings. The number of halogens is 1. The molecule has 240 valence electrons. The zero-order chi connectivity index (χ0) is 31.9. The highest BCUT2D eigenvalue weighted by atomic mass is 35.5. The first kappa shape index (κ1) is 31.3. The smallest absolute Gasteiger partial charge is 0.329 e. The van der Waals surface area contributed by atoms with Crippen LogP contribution < -0.4 is 10.1 Å². The first-order chi connectivity index (χ1) is 22.3. The molecule has 2 N–H and O–H groups in total. The predicted octanol–water partition coefficient (Wildman–Crippen LogP) is 9.93. The Morgan fingerprint density at radius 1 is 1.13 bits per heavy atom. The molecule has 4 aromatic rings. The molecular formula is C39H43ClN2O3S. The molecule has 7 heteroatoms. The highest BCUT2D eigenvalue weighted by Crippen LogP contribution is 2.57. The van der Waals surface area contributed by atoms with Crippen LogP contribution in [0.25, 0.3) is 11.1 Å². The first-order valence-electron chi connectivity index (χ1n) is 16.8. The van der Waals surface area contributed by atoms with E-state index in [4.69, 9.17) is 16.3 Å². The van der Waals surface area contributed by atoms with E-state index < -0.39 is 11.5 Å². The Balaban J connectivity index is 1.15. The van der Waals surface area contributed by atoms with Gasteiger partial charge in [-0.2, -0.15) is 11.3 Å². The highest BCUT2D eigenvalue weighted by Gasteiger charge is 2.54. The molecule has 0 bridgehead atoms. The van der Waals surface area contributed by atoms with Crippen molar-refractivity contribution < 1.29 is 14.6 Å². The Morgan fingerprint density at radius 3 is 2.74 bits per heavy atom. The second-order valence-electron chi connectivity index (χ2n) is 14.1. The Labute approximate surface area is 281 Å². The van der Waals surface area contributed by atoms with Gasteiger partial charge in [-0.3, -0.25) is 4.98 Å². The van der Waals surface area contributed by atoms with Gasteiger partial charge in [0, 0.05) is 28.2 Å². The maximum absolute atomic E-state index is 12.9. The van der Waals surface area contributed by atoms with E-state index in [9.17, 15) is 9.90 Å². The molecule has 0 radical (unpaired) electrons. The molecule has 2 heterocycles. The van der Waals surface area contributed by atoms with Gasteiger partial charge in [-0.15, -0.1) is 0 Å². The molecule has 7 rings (SSSR count). The average molecular weight is 655 g/mol. The minimum absolute atomic E-state index is 0.0745. The Hall–Kier alpha value is -3.35. The fourth-order valence-corrected chi connectivity index (χ4v) is 9.56. The standard InChI is InChI=1S/C39H43ClN2O3S/c1-25(23-45-35-11-17-41-34-8-3-5-26(2)36(34)35)19-30-20-28-10-9-27(29-12-18-46-24-29)21-33(28)38(30)13-15-39(16-14-38,37(43)44)42-32-7-4-6-31(40)22-32/h4,6-7,9-12,17-18,21-22,24-26,30,42H,3,5,8,13-16,19-20,23H2,1-2H3,(H,43,44)/t25-,26-,30+,38?,39?/m1/s1. The topological polar surface area (TPSA) is 71.5 Å². The number of thiophene rings is 1. The third-order valence-corrected chi connectivity index (χ3v) is 12.1. The SMILES string of the molecule is C[C@@H](COc1ccnc2c1[C@H](C)CCC2)C[C@H]1Cc2ccc(-c3ccsc3)cc2C12CCC(Nc1cccc(Cl)c1)(C(=O)O)CC2. The van der Waals surface area contributed by atoms with Crippen molar-refractivity contribution in [1.82, 2.24) is 4.98 Å². The number of nitrogens with one attached hydrogen (secondary N) is 1. The predicted molar refractivity (Wildman–Crippen MR) is 187 cm³/mol. The van der Waals surface area contributed by atoms with E-state index in [1.165, 1.54) is 46.4 Å². The summed E-state index contributed by atoms with van der Waals surface area (Å²) >= 11 is 7.99. The number of carboxylic acid groups (broad SMARTS) is 1. The lowest BCUT2D eigenvalue weighted by Gasteiger charge is -2.47. The van der Waals surface area contributed by atoms with Gasteiger partial charge < -0.3 is 15.2 Å². The van der Waals surface area contributed by atoms with Crippen LogP contribution in [0.5, 0.6) is 5.75 Å². The molecule has 5 nitrogen and oxygen atoms in total. The number of carboxylic acids is 1. The van der Waals surface area contributed by atoms with E-state index in [2.05, 4.69) is 59.2 Å². The van der Waals surface area contributed by atoms with E-state index in [1.807, 2.05) is 36.5 Å². The minimum atomic E-state index is -1.03. The highest BCUT2D eigenvalue weighted by molar-refractivity contribution is 7.08. The lowest BCUT2D eigenvalue weighted by atomic mass is 9.59. The number of hydrogen-bond donors (Lipinski definition) is 2. The van der Waals surface area contributed by atoms with E-state index in [0.29, 0.717) is 42.2 Å². The van der Waals surface area contributed by atoms with Crippen LogP contribution in [-0.2, 0) is 23.1 Å². The molecule has 3 atom stereocenters. The molecule has 1 saturated carbocycles. The number of aryl methyl sites for hydroxylation is 1. The van der Waals surface area contributed by atoms with E-state index >= 15 is 0 Å². The Bertz CT molecular complexity index is 1710. The lowest BCUT2D eigenvalue weighted by molar-refractivity contribution is -0.144. The van der Waals surface area contributed by atoms with Gasteiger partial charge in [-0.1, -0.05) is 49.7 Å². The molecule has 0 amide bonds.